The van der Waals surface area contributed by atoms with Crippen LogP contribution in [0.5, 0.6) is 23.0 Å². The zero-order valence-electron chi connectivity index (χ0n) is 15.8. The van der Waals surface area contributed by atoms with Crippen LogP contribution < -0.4 is 9.47 Å². The number of rotatable bonds is 7. The minimum Gasteiger partial charge on any atom is -0.504 e. The van der Waals surface area contributed by atoms with Gasteiger partial charge < -0.3 is 29.5 Å². The van der Waals surface area contributed by atoms with Crippen LogP contribution in [0.15, 0.2) is 36.4 Å². The van der Waals surface area contributed by atoms with Crippen molar-refractivity contribution in [1.82, 2.24) is 0 Å². The van der Waals surface area contributed by atoms with Gasteiger partial charge in [0.25, 0.3) is 0 Å². The molecule has 1 saturated heterocycles. The number of benzene rings is 2. The van der Waals surface area contributed by atoms with Gasteiger partial charge in [0.05, 0.1) is 32.5 Å². The van der Waals surface area contributed by atoms with E-state index in [9.17, 15) is 20.1 Å². The third-order valence-electron chi connectivity index (χ3n) is 4.90. The summed E-state index contributed by atoms with van der Waals surface area (Å²) in [4.78, 5) is 12.5. The van der Waals surface area contributed by atoms with Gasteiger partial charge in [-0.05, 0) is 35.9 Å². The normalized spacial score (nSPS) is 21.5. The number of carbonyl (C=O) groups excluding carboxylic acids is 1. The lowest BCUT2D eigenvalue weighted by molar-refractivity contribution is 0.00931. The molecule has 0 amide bonds. The van der Waals surface area contributed by atoms with Crippen molar-refractivity contribution >= 4 is 5.78 Å². The second-order valence-corrected chi connectivity index (χ2v) is 6.82. The predicted octanol–water partition coefficient (Wildman–Crippen LogP) is 2.45. The molecular weight excluding hydrogens is 364 g/mol. The van der Waals surface area contributed by atoms with Gasteiger partial charge >= 0.3 is 0 Å². The maximum atomic E-state index is 12.5. The van der Waals surface area contributed by atoms with E-state index in [4.69, 9.17) is 14.2 Å². The van der Waals surface area contributed by atoms with Crippen molar-refractivity contribution in [2.45, 2.75) is 37.6 Å². The van der Waals surface area contributed by atoms with Gasteiger partial charge in [-0.15, -0.1) is 0 Å². The maximum absolute atomic E-state index is 12.5. The molecule has 0 unspecified atom stereocenters. The molecule has 3 atom stereocenters. The van der Waals surface area contributed by atoms with Crippen LogP contribution in [0.1, 0.15) is 28.8 Å². The molecule has 3 N–H and O–H groups in total. The number of aliphatic hydroxyl groups is 1. The van der Waals surface area contributed by atoms with E-state index in [-0.39, 0.29) is 29.5 Å². The van der Waals surface area contributed by atoms with E-state index in [1.54, 1.807) is 12.1 Å². The first-order valence-corrected chi connectivity index (χ1v) is 9.01. The summed E-state index contributed by atoms with van der Waals surface area (Å²) < 4.78 is 16.0. The van der Waals surface area contributed by atoms with E-state index in [2.05, 4.69) is 0 Å². The highest BCUT2D eigenvalue weighted by atomic mass is 16.5. The number of Topliss-reactive ketones (excluding diaryl/α,β-unsaturated/α-hetero) is 1. The van der Waals surface area contributed by atoms with Crippen molar-refractivity contribution in [3.63, 3.8) is 0 Å². The van der Waals surface area contributed by atoms with Crippen molar-refractivity contribution in [3.8, 4) is 23.0 Å². The average Bonchev–Trinajstić information content (AvgIpc) is 3.02. The summed E-state index contributed by atoms with van der Waals surface area (Å²) in [5.74, 6) is 0.459. The zero-order chi connectivity index (χ0) is 20.3. The van der Waals surface area contributed by atoms with Crippen molar-refractivity contribution in [2.75, 3.05) is 14.2 Å². The van der Waals surface area contributed by atoms with Crippen molar-refractivity contribution in [3.05, 3.63) is 47.5 Å². The number of hydrogen-bond acceptors (Lipinski definition) is 7. The summed E-state index contributed by atoms with van der Waals surface area (Å²) in [6.45, 7) is 0. The Labute approximate surface area is 163 Å². The summed E-state index contributed by atoms with van der Waals surface area (Å²) in [5.41, 5.74) is 1.27. The van der Waals surface area contributed by atoms with E-state index in [1.807, 2.05) is 0 Å². The minimum absolute atomic E-state index is 0.0315. The molecule has 0 bridgehead atoms. The van der Waals surface area contributed by atoms with Gasteiger partial charge in [-0.25, -0.2) is 0 Å². The summed E-state index contributed by atoms with van der Waals surface area (Å²) in [6, 6.07) is 9.42. The Morgan fingerprint density at radius 3 is 2.39 bits per heavy atom. The lowest BCUT2D eigenvalue weighted by atomic mass is 10.00. The summed E-state index contributed by atoms with van der Waals surface area (Å²) in [5, 5.41) is 29.7. The van der Waals surface area contributed by atoms with E-state index >= 15 is 0 Å². The fourth-order valence-corrected chi connectivity index (χ4v) is 3.39. The average molecular weight is 388 g/mol. The van der Waals surface area contributed by atoms with Crippen LogP contribution in [0.25, 0.3) is 0 Å². The van der Waals surface area contributed by atoms with Crippen molar-refractivity contribution in [1.29, 1.82) is 0 Å². The van der Waals surface area contributed by atoms with Gasteiger partial charge in [0.1, 0.15) is 0 Å². The number of ketones is 1. The molecular formula is C21H24O7. The molecule has 1 aliphatic heterocycles. The predicted molar refractivity (Wildman–Crippen MR) is 101 cm³/mol. The number of ether oxygens (including phenoxy) is 3. The molecule has 2 aromatic rings. The monoisotopic (exact) mass is 388 g/mol. The number of aliphatic hydroxyl groups excluding tert-OH is 1. The standard InChI is InChI=1S/C21H24O7/c1-26-19-7-12(3-5-15(19)22)8-21-18(25)11-14(28-21)10-17(24)13-4-6-16(23)20(9-13)27-2/h3-7,9,14,18,21-23,25H,8,10-11H2,1-2H3/t14-,18-,21+/m0/s1. The summed E-state index contributed by atoms with van der Waals surface area (Å²) >= 11 is 0. The van der Waals surface area contributed by atoms with Crippen LogP contribution in [0.3, 0.4) is 0 Å². The molecule has 0 radical (unpaired) electrons. The lowest BCUT2D eigenvalue weighted by Crippen LogP contribution is -2.23. The first-order chi connectivity index (χ1) is 13.4. The highest BCUT2D eigenvalue weighted by Crippen LogP contribution is 2.31. The molecule has 0 spiro atoms. The SMILES string of the molecule is COc1cc(C[C@H]2O[C@@H](CC(=O)c3ccc(O)c(OC)c3)C[C@@H]2O)ccc1O. The Hall–Kier alpha value is -2.77. The van der Waals surface area contributed by atoms with E-state index in [0.717, 1.165) is 5.56 Å². The van der Waals surface area contributed by atoms with Gasteiger partial charge in [-0.1, -0.05) is 6.07 Å². The van der Waals surface area contributed by atoms with Crippen LogP contribution in [0, 0.1) is 0 Å². The quantitative estimate of drug-likeness (QED) is 0.626. The summed E-state index contributed by atoms with van der Waals surface area (Å²) in [6.07, 6.45) is -0.601. The molecule has 2 aromatic carbocycles. The third kappa shape index (κ3) is 4.37. The van der Waals surface area contributed by atoms with Crippen LogP contribution in [-0.4, -0.2) is 53.6 Å². The van der Waals surface area contributed by atoms with Gasteiger partial charge in [0.15, 0.2) is 28.8 Å². The molecule has 1 aliphatic rings. The van der Waals surface area contributed by atoms with E-state index < -0.39 is 18.3 Å². The number of carbonyl (C=O) groups is 1. The third-order valence-corrected chi connectivity index (χ3v) is 4.90. The number of hydrogen-bond donors (Lipinski definition) is 3. The number of methoxy groups -OCH3 is 2. The Morgan fingerprint density at radius 2 is 1.71 bits per heavy atom. The fourth-order valence-electron chi connectivity index (χ4n) is 3.39. The Bertz CT molecular complexity index is 849. The van der Waals surface area contributed by atoms with Crippen molar-refractivity contribution in [2.24, 2.45) is 0 Å². The first kappa shape index (κ1) is 20.0. The molecule has 0 aliphatic carbocycles. The van der Waals surface area contributed by atoms with E-state index in [0.29, 0.717) is 24.2 Å². The van der Waals surface area contributed by atoms with Gasteiger partial charge in [-0.2, -0.15) is 0 Å². The minimum atomic E-state index is -0.688. The molecule has 0 saturated carbocycles. The number of phenolic OH excluding ortho intramolecular Hbond substituents is 2. The van der Waals surface area contributed by atoms with E-state index in [1.165, 1.54) is 38.5 Å². The second-order valence-electron chi connectivity index (χ2n) is 6.82. The molecule has 28 heavy (non-hydrogen) atoms. The largest absolute Gasteiger partial charge is 0.504 e. The molecule has 150 valence electrons. The van der Waals surface area contributed by atoms with Crippen LogP contribution in [0.4, 0.5) is 0 Å². The Kier molecular flexibility index (Phi) is 6.06. The van der Waals surface area contributed by atoms with Crippen molar-refractivity contribution < 1.29 is 34.3 Å². The Morgan fingerprint density at radius 1 is 1.07 bits per heavy atom. The first-order valence-electron chi connectivity index (χ1n) is 9.01. The fraction of sp³-hybridized carbons (Fsp3) is 0.381. The molecule has 7 nitrogen and oxygen atoms in total. The highest BCUT2D eigenvalue weighted by molar-refractivity contribution is 5.97. The Balaban J connectivity index is 1.62. The zero-order valence-corrected chi connectivity index (χ0v) is 15.8. The van der Waals surface area contributed by atoms with Gasteiger partial charge in [-0.3, -0.25) is 4.79 Å². The number of phenols is 2. The smallest absolute Gasteiger partial charge is 0.165 e. The second kappa shape index (κ2) is 8.50. The van der Waals surface area contributed by atoms with Crippen LogP contribution in [-0.2, 0) is 11.2 Å². The van der Waals surface area contributed by atoms with Crippen LogP contribution in [0.2, 0.25) is 0 Å². The lowest BCUT2D eigenvalue weighted by Gasteiger charge is -2.16. The number of aromatic hydroxyl groups is 2. The van der Waals surface area contributed by atoms with Gasteiger partial charge in [0, 0.05) is 24.8 Å². The molecule has 7 heteroatoms. The topological polar surface area (TPSA) is 105 Å². The highest BCUT2D eigenvalue weighted by Gasteiger charge is 2.35. The summed E-state index contributed by atoms with van der Waals surface area (Å²) in [7, 11) is 2.89. The molecule has 1 fully saturated rings. The molecule has 0 aromatic heterocycles. The molecule has 3 rings (SSSR count). The maximum Gasteiger partial charge on any atom is 0.165 e. The molecule has 1 heterocycles. The van der Waals surface area contributed by atoms with Gasteiger partial charge in [0.2, 0.25) is 0 Å². The van der Waals surface area contributed by atoms with Crippen LogP contribution >= 0.6 is 0 Å².